The Balaban J connectivity index is 2.06. The fourth-order valence-electron chi connectivity index (χ4n) is 2.34. The van der Waals surface area contributed by atoms with Gasteiger partial charge in [-0.05, 0) is 0 Å². The van der Waals surface area contributed by atoms with E-state index in [1.54, 1.807) is 33.1 Å². The molecule has 114 valence electrons. The van der Waals surface area contributed by atoms with Gasteiger partial charge in [-0.15, -0.1) is 0 Å². The van der Waals surface area contributed by atoms with Crippen LogP contribution in [0.25, 0.3) is 0 Å². The van der Waals surface area contributed by atoms with Crippen molar-refractivity contribution in [3.8, 4) is 0 Å². The highest BCUT2D eigenvalue weighted by Gasteiger charge is 2.29. The van der Waals surface area contributed by atoms with Gasteiger partial charge in [0.1, 0.15) is 6.54 Å². The lowest BCUT2D eigenvalue weighted by Crippen LogP contribution is -2.41. The number of hydrogen-bond acceptors (Lipinski definition) is 4. The second kappa shape index (κ2) is 6.38. The maximum absolute atomic E-state index is 12.3. The summed E-state index contributed by atoms with van der Waals surface area (Å²) in [5, 5.41) is 0. The van der Waals surface area contributed by atoms with Crippen LogP contribution < -0.4 is 5.73 Å². The Labute approximate surface area is 122 Å². The van der Waals surface area contributed by atoms with Gasteiger partial charge in [0.15, 0.2) is 0 Å². The molecule has 8 nitrogen and oxygen atoms in total. The molecule has 1 aromatic rings. The largest absolute Gasteiger partial charge is 0.369 e. The van der Waals surface area contributed by atoms with Crippen molar-refractivity contribution in [1.82, 2.24) is 19.4 Å². The molecule has 1 aliphatic heterocycles. The number of nitrogens with zero attached hydrogens (tertiary/aromatic N) is 4. The Morgan fingerprint density at radius 3 is 2.48 bits per heavy atom. The van der Waals surface area contributed by atoms with E-state index in [1.165, 1.54) is 6.92 Å². The molecule has 0 aromatic carbocycles. The highest BCUT2D eigenvalue weighted by Crippen LogP contribution is 2.11. The zero-order chi connectivity index (χ0) is 15.4. The van der Waals surface area contributed by atoms with Gasteiger partial charge < -0.3 is 20.1 Å². The number of nitrogens with two attached hydrogens (primary N) is 1. The lowest BCUT2D eigenvalue weighted by molar-refractivity contribution is -0.133. The molecule has 0 radical (unpaired) electrons. The quantitative estimate of drug-likeness (QED) is 0.746. The van der Waals surface area contributed by atoms with E-state index in [2.05, 4.69) is 4.98 Å². The van der Waals surface area contributed by atoms with Crippen molar-refractivity contribution in [2.45, 2.75) is 13.5 Å². The molecule has 0 aliphatic carbocycles. The first-order valence-corrected chi connectivity index (χ1v) is 6.75. The topological polar surface area (TPSA) is 102 Å². The van der Waals surface area contributed by atoms with Crippen molar-refractivity contribution >= 4 is 17.7 Å². The normalized spacial score (nSPS) is 19.2. The summed E-state index contributed by atoms with van der Waals surface area (Å²) in [5.41, 5.74) is 5.37. The zero-order valence-corrected chi connectivity index (χ0v) is 11.9. The first-order chi connectivity index (χ1) is 9.97. The first kappa shape index (κ1) is 15.0. The van der Waals surface area contributed by atoms with Gasteiger partial charge in [-0.1, -0.05) is 0 Å². The molecule has 0 saturated carbocycles. The second-order valence-corrected chi connectivity index (χ2v) is 5.14. The molecular formula is C13H19N5O3. The number of primary amides is 1. The maximum Gasteiger partial charge on any atom is 0.242 e. The van der Waals surface area contributed by atoms with Crippen molar-refractivity contribution in [1.29, 1.82) is 0 Å². The van der Waals surface area contributed by atoms with E-state index in [1.807, 2.05) is 0 Å². The van der Waals surface area contributed by atoms with Gasteiger partial charge in [-0.2, -0.15) is 0 Å². The Kier molecular flexibility index (Phi) is 4.56. The molecular weight excluding hydrogens is 274 g/mol. The molecule has 0 bridgehead atoms. The molecule has 2 heterocycles. The van der Waals surface area contributed by atoms with Crippen LogP contribution in [0.1, 0.15) is 6.92 Å². The monoisotopic (exact) mass is 293 g/mol. The minimum atomic E-state index is -0.539. The summed E-state index contributed by atoms with van der Waals surface area (Å²) in [5.74, 6) is -1.28. The predicted molar refractivity (Wildman–Crippen MR) is 73.7 cm³/mol. The van der Waals surface area contributed by atoms with Crippen LogP contribution in [0, 0.1) is 5.92 Å². The van der Waals surface area contributed by atoms with E-state index in [9.17, 15) is 14.4 Å². The molecule has 21 heavy (non-hydrogen) atoms. The summed E-state index contributed by atoms with van der Waals surface area (Å²) in [4.78, 5) is 42.3. The fraction of sp³-hybridized carbons (Fsp3) is 0.538. The second-order valence-electron chi connectivity index (χ2n) is 5.14. The lowest BCUT2D eigenvalue weighted by Gasteiger charge is -2.22. The molecule has 0 unspecified atom stereocenters. The van der Waals surface area contributed by atoms with Crippen LogP contribution in [-0.2, 0) is 20.9 Å². The molecule has 1 aromatic heterocycles. The first-order valence-electron chi connectivity index (χ1n) is 6.75. The SMILES string of the molecule is CC(=O)N1CCN(C(=O)Cn2ccnc2)C[C@H](C(N)=O)C1. The van der Waals surface area contributed by atoms with Crippen LogP contribution in [-0.4, -0.2) is 63.3 Å². The van der Waals surface area contributed by atoms with Crippen LogP contribution in [0.15, 0.2) is 18.7 Å². The number of carbonyl (C=O) groups is 3. The van der Waals surface area contributed by atoms with Crippen LogP contribution in [0.4, 0.5) is 0 Å². The smallest absolute Gasteiger partial charge is 0.242 e. The standard InChI is InChI=1S/C13H19N5O3/c1-10(19)17-4-5-18(7-11(6-17)13(14)21)12(20)8-16-3-2-15-9-16/h2-3,9,11H,4-8H2,1H3,(H2,14,21)/t11-/m1/s1. The van der Waals surface area contributed by atoms with Crippen LogP contribution in [0.5, 0.6) is 0 Å². The predicted octanol–water partition coefficient (Wildman–Crippen LogP) is -1.32. The summed E-state index contributed by atoms with van der Waals surface area (Å²) in [6.07, 6.45) is 4.85. The van der Waals surface area contributed by atoms with E-state index in [0.717, 1.165) is 0 Å². The molecule has 3 amide bonds. The molecule has 1 saturated heterocycles. The average Bonchev–Trinajstić information content (AvgIpc) is 2.80. The van der Waals surface area contributed by atoms with Gasteiger partial charge in [0.2, 0.25) is 17.7 Å². The highest BCUT2D eigenvalue weighted by atomic mass is 16.2. The third-order valence-corrected chi connectivity index (χ3v) is 3.60. The lowest BCUT2D eigenvalue weighted by atomic mass is 10.1. The highest BCUT2D eigenvalue weighted by molar-refractivity contribution is 5.81. The number of imidazole rings is 1. The van der Waals surface area contributed by atoms with Gasteiger partial charge >= 0.3 is 0 Å². The summed E-state index contributed by atoms with van der Waals surface area (Å²) < 4.78 is 1.66. The Hall–Kier alpha value is -2.38. The van der Waals surface area contributed by atoms with Crippen molar-refractivity contribution in [2.75, 3.05) is 26.2 Å². The molecule has 0 spiro atoms. The van der Waals surface area contributed by atoms with Gasteiger partial charge in [0.05, 0.1) is 12.2 Å². The van der Waals surface area contributed by atoms with Crippen molar-refractivity contribution in [2.24, 2.45) is 11.7 Å². The minimum absolute atomic E-state index is 0.120. The zero-order valence-electron chi connectivity index (χ0n) is 11.9. The van der Waals surface area contributed by atoms with Crippen LogP contribution in [0.2, 0.25) is 0 Å². The van der Waals surface area contributed by atoms with Crippen molar-refractivity contribution < 1.29 is 14.4 Å². The summed E-state index contributed by atoms with van der Waals surface area (Å²) in [6, 6.07) is 0. The summed E-state index contributed by atoms with van der Waals surface area (Å²) >= 11 is 0. The number of rotatable bonds is 3. The molecule has 1 fully saturated rings. The maximum atomic E-state index is 12.3. The van der Waals surface area contributed by atoms with Gasteiger partial charge in [-0.3, -0.25) is 14.4 Å². The van der Waals surface area contributed by atoms with E-state index < -0.39 is 11.8 Å². The molecule has 2 rings (SSSR count). The summed E-state index contributed by atoms with van der Waals surface area (Å²) in [7, 11) is 0. The van der Waals surface area contributed by atoms with Gasteiger partial charge in [0, 0.05) is 45.5 Å². The Morgan fingerprint density at radius 1 is 1.24 bits per heavy atom. The third-order valence-electron chi connectivity index (χ3n) is 3.60. The average molecular weight is 293 g/mol. The molecule has 1 aliphatic rings. The minimum Gasteiger partial charge on any atom is -0.369 e. The summed E-state index contributed by atoms with van der Waals surface area (Å²) in [6.45, 7) is 2.92. The van der Waals surface area contributed by atoms with E-state index in [4.69, 9.17) is 5.73 Å². The number of aromatic nitrogens is 2. The third kappa shape index (κ3) is 3.80. The van der Waals surface area contributed by atoms with Crippen LogP contribution in [0.3, 0.4) is 0 Å². The van der Waals surface area contributed by atoms with Gasteiger partial charge in [-0.25, -0.2) is 4.98 Å². The Morgan fingerprint density at radius 2 is 1.90 bits per heavy atom. The molecule has 2 N–H and O–H groups in total. The van der Waals surface area contributed by atoms with Gasteiger partial charge in [0.25, 0.3) is 0 Å². The van der Waals surface area contributed by atoms with Crippen molar-refractivity contribution in [3.05, 3.63) is 18.7 Å². The number of carbonyl (C=O) groups excluding carboxylic acids is 3. The molecule has 1 atom stereocenters. The van der Waals surface area contributed by atoms with Crippen molar-refractivity contribution in [3.63, 3.8) is 0 Å². The number of amides is 3. The molecule has 8 heteroatoms. The van der Waals surface area contributed by atoms with E-state index in [-0.39, 0.29) is 31.4 Å². The van der Waals surface area contributed by atoms with Crippen LogP contribution >= 0.6 is 0 Å². The Bertz CT molecular complexity index is 528. The fourth-order valence-corrected chi connectivity index (χ4v) is 2.34. The number of hydrogen-bond donors (Lipinski definition) is 1. The van der Waals surface area contributed by atoms with E-state index >= 15 is 0 Å². The van der Waals surface area contributed by atoms with E-state index in [0.29, 0.717) is 13.1 Å².